The molecule has 0 spiro atoms. The van der Waals surface area contributed by atoms with E-state index in [9.17, 15) is 9.59 Å². The van der Waals surface area contributed by atoms with Crippen LogP contribution in [0.1, 0.15) is 85.1 Å². The van der Waals surface area contributed by atoms with Crippen LogP contribution in [0.5, 0.6) is 0 Å². The summed E-state index contributed by atoms with van der Waals surface area (Å²) < 4.78 is 13.3. The van der Waals surface area contributed by atoms with Gasteiger partial charge in [0.1, 0.15) is 6.04 Å². The average molecular weight is 582 g/mol. The molecule has 6 atom stereocenters. The first-order valence-electron chi connectivity index (χ1n) is 15.9. The van der Waals surface area contributed by atoms with Crippen molar-refractivity contribution in [1.82, 2.24) is 16.0 Å². The molecule has 4 aliphatic rings. The summed E-state index contributed by atoms with van der Waals surface area (Å²) in [5.74, 6) is 1.15. The molecule has 0 unspecified atom stereocenters. The number of benzene rings is 1. The molecule has 5 N–H and O–H groups in total. The zero-order chi connectivity index (χ0) is 30.5. The zero-order valence-electron chi connectivity index (χ0n) is 26.4. The molecule has 1 aromatic rings. The number of carbonyl (C=O) groups is 2. The van der Waals surface area contributed by atoms with Gasteiger partial charge in [0.05, 0.1) is 17.6 Å². The van der Waals surface area contributed by atoms with Crippen LogP contribution in [0, 0.1) is 23.2 Å². The number of rotatable bonds is 14. The van der Waals surface area contributed by atoms with Gasteiger partial charge in [-0.05, 0) is 80.6 Å². The molecule has 9 nitrogen and oxygen atoms in total. The van der Waals surface area contributed by atoms with Crippen LogP contribution in [0.4, 0.5) is 0 Å². The summed E-state index contributed by atoms with van der Waals surface area (Å²) in [4.78, 5) is 30.7. The fraction of sp³-hybridized carbons (Fsp3) is 0.719. The van der Waals surface area contributed by atoms with Crippen molar-refractivity contribution in [1.29, 1.82) is 0 Å². The Labute approximate surface area is 252 Å². The molecule has 0 aromatic heterocycles. The van der Waals surface area contributed by atoms with Crippen molar-refractivity contribution in [3.63, 3.8) is 0 Å². The van der Waals surface area contributed by atoms with E-state index in [2.05, 4.69) is 67.7 Å². The Hall–Kier alpha value is -2.59. The first kappa shape index (κ1) is 32.3. The van der Waals surface area contributed by atoms with Gasteiger partial charge in [0, 0.05) is 20.0 Å². The van der Waals surface area contributed by atoms with Crippen LogP contribution < -0.4 is 21.7 Å². The molecular weight excluding hydrogens is 529 g/mol. The smallest absolute Gasteiger partial charge is 0.404 e. The predicted molar refractivity (Wildman–Crippen MR) is 168 cm³/mol. The normalized spacial score (nSPS) is 27.5. The Morgan fingerprint density at radius 2 is 1.86 bits per heavy atom. The summed E-state index contributed by atoms with van der Waals surface area (Å²) in [7, 11) is 1.11. The number of carbonyl (C=O) groups excluding carboxylic acids is 2. The summed E-state index contributed by atoms with van der Waals surface area (Å²) in [6, 6.07) is 9.45. The minimum Gasteiger partial charge on any atom is -0.404 e. The van der Waals surface area contributed by atoms with Crippen LogP contribution >= 0.6 is 0 Å². The highest BCUT2D eigenvalue weighted by Crippen LogP contribution is 2.65. The van der Waals surface area contributed by atoms with Crippen molar-refractivity contribution in [3.05, 3.63) is 35.9 Å². The molecular formula is C32H52BN5O4. The molecule has 1 heterocycles. The minimum atomic E-state index is -0.670. The fourth-order valence-corrected chi connectivity index (χ4v) is 7.34. The lowest BCUT2D eigenvalue weighted by Crippen LogP contribution is -2.65. The maximum absolute atomic E-state index is 13.8. The summed E-state index contributed by atoms with van der Waals surface area (Å²) in [6.45, 7) is 11.7. The number of aliphatic imine (C=N–C) groups is 1. The van der Waals surface area contributed by atoms with Gasteiger partial charge in [0.15, 0.2) is 5.96 Å². The van der Waals surface area contributed by atoms with E-state index >= 15 is 0 Å². The average Bonchev–Trinajstić information content (AvgIpc) is 3.31. The lowest BCUT2D eigenvalue weighted by molar-refractivity contribution is -0.199. The van der Waals surface area contributed by atoms with Gasteiger partial charge >= 0.3 is 7.12 Å². The summed E-state index contributed by atoms with van der Waals surface area (Å²) >= 11 is 0. The van der Waals surface area contributed by atoms with Gasteiger partial charge in [-0.1, -0.05) is 58.0 Å². The van der Waals surface area contributed by atoms with Crippen LogP contribution in [-0.2, 0) is 25.3 Å². The van der Waals surface area contributed by atoms with Crippen molar-refractivity contribution in [2.75, 3.05) is 13.6 Å². The van der Waals surface area contributed by atoms with E-state index in [0.717, 1.165) is 19.3 Å². The second-order valence-electron chi connectivity index (χ2n) is 13.7. The lowest BCUT2D eigenvalue weighted by Gasteiger charge is -2.64. The first-order chi connectivity index (χ1) is 19.9. The molecule has 0 radical (unpaired) electrons. The Morgan fingerprint density at radius 1 is 1.12 bits per heavy atom. The van der Waals surface area contributed by atoms with E-state index in [0.29, 0.717) is 55.9 Å². The van der Waals surface area contributed by atoms with Crippen LogP contribution in [0.3, 0.4) is 0 Å². The van der Waals surface area contributed by atoms with E-state index in [1.165, 1.54) is 12.0 Å². The van der Waals surface area contributed by atoms with Gasteiger partial charge in [0.2, 0.25) is 11.8 Å². The number of hydrogen-bond acceptors (Lipinski definition) is 5. The zero-order valence-corrected chi connectivity index (χ0v) is 26.4. The Morgan fingerprint density at radius 3 is 2.52 bits per heavy atom. The molecule has 3 saturated carbocycles. The van der Waals surface area contributed by atoms with Crippen molar-refractivity contribution in [2.24, 2.45) is 33.9 Å². The number of guanidine groups is 1. The van der Waals surface area contributed by atoms with Gasteiger partial charge in [0.25, 0.3) is 0 Å². The molecule has 232 valence electrons. The number of aryl methyl sites for hydroxylation is 1. The van der Waals surface area contributed by atoms with Gasteiger partial charge in [-0.15, -0.1) is 0 Å². The van der Waals surface area contributed by atoms with E-state index in [1.807, 2.05) is 18.2 Å². The molecule has 10 heteroatoms. The fourth-order valence-electron chi connectivity index (χ4n) is 7.34. The Kier molecular flexibility index (Phi) is 10.6. The molecule has 2 amide bonds. The lowest BCUT2D eigenvalue weighted by atomic mass is 9.43. The Balaban J connectivity index is 1.39. The number of nitrogens with zero attached hydrogens (tertiary/aromatic N) is 1. The number of nitrogens with one attached hydrogen (secondary N) is 3. The minimum absolute atomic E-state index is 0.0442. The van der Waals surface area contributed by atoms with Crippen molar-refractivity contribution < 1.29 is 18.9 Å². The number of hydrogen-bond donors (Lipinski definition) is 4. The number of nitrogens with two attached hydrogens (primary N) is 1. The standard InChI is InChI=1S/C32H52BN5O4/c1-21(2)18-27(33-41-26-20-23-19-25(31(23,3)4)32(26,5)42-33)38-29(40)24(15-11-17-36-30(34)35-6)37-28(39)16-10-14-22-12-8-7-9-13-22/h7-9,12-13,21,23-27H,10-11,14-20H2,1-6H3,(H,37,39)(H,38,40)(H3,34,35,36)/t23-,24-,25-,26+,27-,32-/m0/s1. The quantitative estimate of drug-likeness (QED) is 0.115. The highest BCUT2D eigenvalue weighted by Gasteiger charge is 2.68. The van der Waals surface area contributed by atoms with Crippen LogP contribution in [-0.4, -0.2) is 62.2 Å². The summed E-state index contributed by atoms with van der Waals surface area (Å²) in [5, 5.41) is 9.29. The highest BCUT2D eigenvalue weighted by atomic mass is 16.7. The monoisotopic (exact) mass is 581 g/mol. The molecule has 3 aliphatic carbocycles. The van der Waals surface area contributed by atoms with E-state index in [4.69, 9.17) is 15.0 Å². The molecule has 42 heavy (non-hydrogen) atoms. The van der Waals surface area contributed by atoms with E-state index in [1.54, 1.807) is 7.05 Å². The molecule has 1 aromatic carbocycles. The highest BCUT2D eigenvalue weighted by molar-refractivity contribution is 6.48. The Bertz CT molecular complexity index is 1100. The first-order valence-corrected chi connectivity index (χ1v) is 15.9. The van der Waals surface area contributed by atoms with Gasteiger partial charge < -0.3 is 31.0 Å². The third-order valence-electron chi connectivity index (χ3n) is 9.93. The summed E-state index contributed by atoms with van der Waals surface area (Å²) in [6.07, 6.45) is 5.94. The largest absolute Gasteiger partial charge is 0.481 e. The molecule has 4 fully saturated rings. The van der Waals surface area contributed by atoms with Crippen molar-refractivity contribution in [3.8, 4) is 0 Å². The van der Waals surface area contributed by atoms with Gasteiger partial charge in [-0.25, -0.2) is 0 Å². The third-order valence-corrected chi connectivity index (χ3v) is 9.93. The SMILES string of the molecule is CN=C(N)NCCC[C@H](NC(=O)CCCc1ccccc1)C(=O)N[C@@H](CC(C)C)B1O[C@@H]2C[C@@H]3C[C@@H](C3(C)C)[C@]2(C)O1. The van der Waals surface area contributed by atoms with Crippen LogP contribution in [0.25, 0.3) is 0 Å². The van der Waals surface area contributed by atoms with Crippen molar-refractivity contribution >= 4 is 24.9 Å². The maximum atomic E-state index is 13.8. The van der Waals surface area contributed by atoms with Crippen LogP contribution in [0.15, 0.2) is 35.3 Å². The van der Waals surface area contributed by atoms with Crippen LogP contribution in [0.2, 0.25) is 0 Å². The molecule has 2 bridgehead atoms. The second-order valence-corrected chi connectivity index (χ2v) is 13.7. The van der Waals surface area contributed by atoms with Gasteiger partial charge in [-0.2, -0.15) is 0 Å². The second kappa shape index (κ2) is 13.8. The van der Waals surface area contributed by atoms with Crippen molar-refractivity contribution in [2.45, 2.75) is 110 Å². The topological polar surface area (TPSA) is 127 Å². The molecule has 1 saturated heterocycles. The predicted octanol–water partition coefficient (Wildman–Crippen LogP) is 3.61. The van der Waals surface area contributed by atoms with E-state index < -0.39 is 13.2 Å². The number of amides is 2. The molecule has 1 aliphatic heterocycles. The molecule has 5 rings (SSSR count). The third kappa shape index (κ3) is 7.49. The van der Waals surface area contributed by atoms with Gasteiger partial charge in [-0.3, -0.25) is 14.6 Å². The maximum Gasteiger partial charge on any atom is 0.481 e. The van der Waals surface area contributed by atoms with E-state index in [-0.39, 0.29) is 34.9 Å². The summed E-state index contributed by atoms with van der Waals surface area (Å²) in [5.41, 5.74) is 6.87.